The lowest BCUT2D eigenvalue weighted by Gasteiger charge is -2.31. The fourth-order valence-corrected chi connectivity index (χ4v) is 2.30. The normalized spacial score (nSPS) is 24.0. The van der Waals surface area contributed by atoms with Crippen LogP contribution in [0.2, 0.25) is 0 Å². The maximum absolute atomic E-state index is 9.44. The van der Waals surface area contributed by atoms with Crippen LogP contribution in [0.5, 0.6) is 0 Å². The molecule has 0 radical (unpaired) electrons. The smallest absolute Gasteiger partial charge is 0.0538 e. The SMILES string of the molecule is CCC(O)CCCN1CCCC1(C)C. The highest BCUT2D eigenvalue weighted by Crippen LogP contribution is 2.28. The van der Waals surface area contributed by atoms with Crippen LogP contribution in [0.4, 0.5) is 0 Å². The number of aliphatic hydroxyl groups excluding tert-OH is 1. The van der Waals surface area contributed by atoms with Gasteiger partial charge in [-0.15, -0.1) is 0 Å². The van der Waals surface area contributed by atoms with E-state index in [1.807, 2.05) is 6.92 Å². The molecule has 1 N–H and O–H groups in total. The molecule has 0 aromatic heterocycles. The summed E-state index contributed by atoms with van der Waals surface area (Å²) in [4.78, 5) is 2.56. The number of likely N-dealkylation sites (tertiary alicyclic amines) is 1. The molecule has 0 saturated carbocycles. The maximum atomic E-state index is 9.44. The predicted molar refractivity (Wildman–Crippen MR) is 60.4 cm³/mol. The molecule has 1 unspecified atom stereocenters. The first-order valence-electron chi connectivity index (χ1n) is 5.99. The van der Waals surface area contributed by atoms with Crippen LogP contribution in [0.25, 0.3) is 0 Å². The lowest BCUT2D eigenvalue weighted by Crippen LogP contribution is -2.38. The zero-order valence-corrected chi connectivity index (χ0v) is 9.92. The second-order valence-electron chi connectivity index (χ2n) is 5.11. The lowest BCUT2D eigenvalue weighted by molar-refractivity contribution is 0.133. The molecule has 2 heteroatoms. The van der Waals surface area contributed by atoms with Crippen molar-refractivity contribution >= 4 is 0 Å². The summed E-state index contributed by atoms with van der Waals surface area (Å²) >= 11 is 0. The molecule has 0 bridgehead atoms. The minimum absolute atomic E-state index is 0.0827. The van der Waals surface area contributed by atoms with Gasteiger partial charge in [0.05, 0.1) is 6.10 Å². The number of nitrogens with zero attached hydrogens (tertiary/aromatic N) is 1. The van der Waals surface area contributed by atoms with Gasteiger partial charge in [0.1, 0.15) is 0 Å². The highest BCUT2D eigenvalue weighted by atomic mass is 16.3. The Bertz CT molecular complexity index is 168. The third kappa shape index (κ3) is 3.25. The number of aliphatic hydroxyl groups is 1. The molecule has 1 aliphatic heterocycles. The summed E-state index contributed by atoms with van der Waals surface area (Å²) in [6, 6.07) is 0. The van der Waals surface area contributed by atoms with Gasteiger partial charge in [-0.1, -0.05) is 6.92 Å². The Morgan fingerprint density at radius 2 is 2.14 bits per heavy atom. The van der Waals surface area contributed by atoms with Gasteiger partial charge in [0.25, 0.3) is 0 Å². The van der Waals surface area contributed by atoms with Gasteiger partial charge in [-0.05, 0) is 59.0 Å². The molecule has 14 heavy (non-hydrogen) atoms. The van der Waals surface area contributed by atoms with Gasteiger partial charge >= 0.3 is 0 Å². The number of hydrogen-bond acceptors (Lipinski definition) is 2. The summed E-state index contributed by atoms with van der Waals surface area (Å²) in [5.74, 6) is 0. The lowest BCUT2D eigenvalue weighted by atomic mass is 10.0. The Labute approximate surface area is 88.3 Å². The molecule has 1 rings (SSSR count). The van der Waals surface area contributed by atoms with Crippen molar-refractivity contribution in [3.05, 3.63) is 0 Å². The highest BCUT2D eigenvalue weighted by Gasteiger charge is 2.30. The first kappa shape index (κ1) is 12.0. The first-order chi connectivity index (χ1) is 6.56. The highest BCUT2D eigenvalue weighted by molar-refractivity contribution is 4.87. The van der Waals surface area contributed by atoms with Gasteiger partial charge in [0, 0.05) is 5.54 Å². The third-order valence-corrected chi connectivity index (χ3v) is 3.51. The molecule has 0 amide bonds. The quantitative estimate of drug-likeness (QED) is 0.735. The monoisotopic (exact) mass is 199 g/mol. The van der Waals surface area contributed by atoms with Crippen LogP contribution >= 0.6 is 0 Å². The second kappa shape index (κ2) is 5.13. The van der Waals surface area contributed by atoms with Crippen molar-refractivity contribution in [3.8, 4) is 0 Å². The summed E-state index contributed by atoms with van der Waals surface area (Å²) in [6.45, 7) is 9.11. The van der Waals surface area contributed by atoms with E-state index >= 15 is 0 Å². The van der Waals surface area contributed by atoms with E-state index in [-0.39, 0.29) is 6.10 Å². The van der Waals surface area contributed by atoms with Crippen LogP contribution in [-0.2, 0) is 0 Å². The predicted octanol–water partition coefficient (Wildman–Crippen LogP) is 2.41. The molecule has 0 aliphatic carbocycles. The molecule has 0 aromatic rings. The van der Waals surface area contributed by atoms with E-state index in [0.717, 1.165) is 25.8 Å². The molecule has 1 aliphatic rings. The maximum Gasteiger partial charge on any atom is 0.0538 e. The van der Waals surface area contributed by atoms with Crippen LogP contribution in [-0.4, -0.2) is 34.7 Å². The molecule has 0 aromatic carbocycles. The Balaban J connectivity index is 2.18. The van der Waals surface area contributed by atoms with Crippen molar-refractivity contribution in [2.24, 2.45) is 0 Å². The van der Waals surface area contributed by atoms with E-state index in [1.165, 1.54) is 19.4 Å². The first-order valence-corrected chi connectivity index (χ1v) is 5.99. The molecular formula is C12H25NO. The summed E-state index contributed by atoms with van der Waals surface area (Å²) in [5, 5.41) is 9.44. The van der Waals surface area contributed by atoms with Crippen LogP contribution in [0.1, 0.15) is 52.9 Å². The summed E-state index contributed by atoms with van der Waals surface area (Å²) in [7, 11) is 0. The van der Waals surface area contributed by atoms with E-state index in [0.29, 0.717) is 5.54 Å². The zero-order chi connectivity index (χ0) is 10.6. The number of rotatable bonds is 5. The Kier molecular flexibility index (Phi) is 4.39. The summed E-state index contributed by atoms with van der Waals surface area (Å²) in [5.41, 5.74) is 0.400. The molecule has 1 fully saturated rings. The minimum atomic E-state index is -0.0827. The Morgan fingerprint density at radius 3 is 2.64 bits per heavy atom. The molecule has 2 nitrogen and oxygen atoms in total. The van der Waals surface area contributed by atoms with E-state index in [1.54, 1.807) is 0 Å². The summed E-state index contributed by atoms with van der Waals surface area (Å²) in [6.07, 6.45) is 5.57. The number of hydrogen-bond donors (Lipinski definition) is 1. The standard InChI is InChI=1S/C12H25NO/c1-4-11(14)7-5-9-13-10-6-8-12(13,2)3/h11,14H,4-10H2,1-3H3. The largest absolute Gasteiger partial charge is 0.393 e. The van der Waals surface area contributed by atoms with Gasteiger partial charge in [-0.2, -0.15) is 0 Å². The van der Waals surface area contributed by atoms with Crippen molar-refractivity contribution in [1.82, 2.24) is 4.90 Å². The van der Waals surface area contributed by atoms with E-state index < -0.39 is 0 Å². The van der Waals surface area contributed by atoms with Gasteiger partial charge in [-0.3, -0.25) is 4.90 Å². The molecule has 1 saturated heterocycles. The Morgan fingerprint density at radius 1 is 1.43 bits per heavy atom. The van der Waals surface area contributed by atoms with E-state index in [4.69, 9.17) is 0 Å². The van der Waals surface area contributed by atoms with Gasteiger partial charge in [-0.25, -0.2) is 0 Å². The van der Waals surface area contributed by atoms with Crippen molar-refractivity contribution in [2.45, 2.75) is 64.5 Å². The van der Waals surface area contributed by atoms with Crippen molar-refractivity contribution in [1.29, 1.82) is 0 Å². The average Bonchev–Trinajstić information content (AvgIpc) is 2.45. The van der Waals surface area contributed by atoms with Gasteiger partial charge in [0.15, 0.2) is 0 Å². The van der Waals surface area contributed by atoms with Crippen LogP contribution in [0.15, 0.2) is 0 Å². The minimum Gasteiger partial charge on any atom is -0.393 e. The fourth-order valence-electron chi connectivity index (χ4n) is 2.30. The van der Waals surface area contributed by atoms with Crippen LogP contribution in [0, 0.1) is 0 Å². The zero-order valence-electron chi connectivity index (χ0n) is 9.92. The van der Waals surface area contributed by atoms with E-state index in [2.05, 4.69) is 18.7 Å². The molecular weight excluding hydrogens is 174 g/mol. The van der Waals surface area contributed by atoms with Crippen LogP contribution in [0.3, 0.4) is 0 Å². The van der Waals surface area contributed by atoms with Crippen molar-refractivity contribution in [3.63, 3.8) is 0 Å². The van der Waals surface area contributed by atoms with Crippen molar-refractivity contribution < 1.29 is 5.11 Å². The van der Waals surface area contributed by atoms with E-state index in [9.17, 15) is 5.11 Å². The third-order valence-electron chi connectivity index (χ3n) is 3.51. The molecule has 0 spiro atoms. The molecule has 1 atom stereocenters. The summed E-state index contributed by atoms with van der Waals surface area (Å²) < 4.78 is 0. The van der Waals surface area contributed by atoms with Gasteiger partial charge in [0.2, 0.25) is 0 Å². The second-order valence-corrected chi connectivity index (χ2v) is 5.11. The Hall–Kier alpha value is -0.0800. The van der Waals surface area contributed by atoms with Crippen LogP contribution < -0.4 is 0 Å². The van der Waals surface area contributed by atoms with Gasteiger partial charge < -0.3 is 5.11 Å². The van der Waals surface area contributed by atoms with Crippen molar-refractivity contribution in [2.75, 3.05) is 13.1 Å². The topological polar surface area (TPSA) is 23.5 Å². The molecule has 1 heterocycles. The fraction of sp³-hybridized carbons (Fsp3) is 1.00. The molecule has 84 valence electrons. The average molecular weight is 199 g/mol.